The van der Waals surface area contributed by atoms with Gasteiger partial charge < -0.3 is 14.4 Å². The van der Waals surface area contributed by atoms with E-state index in [1.165, 1.54) is 50.2 Å². The Morgan fingerprint density at radius 2 is 1.66 bits per heavy atom. The lowest BCUT2D eigenvalue weighted by atomic mass is 10.0. The van der Waals surface area contributed by atoms with Crippen LogP contribution >= 0.6 is 0 Å². The van der Waals surface area contributed by atoms with E-state index in [0.29, 0.717) is 24.2 Å². The fourth-order valence-electron chi connectivity index (χ4n) is 3.83. The second kappa shape index (κ2) is 11.7. The Morgan fingerprint density at radius 3 is 2.18 bits per heavy atom. The van der Waals surface area contributed by atoms with Crippen molar-refractivity contribution in [3.05, 3.63) is 70.5 Å². The van der Waals surface area contributed by atoms with Gasteiger partial charge in [-0.1, -0.05) is 18.1 Å². The number of hydrogen-bond acceptors (Lipinski definition) is 4. The molecule has 206 valence electrons. The molecule has 1 heterocycles. The maximum atomic E-state index is 13.6. The van der Waals surface area contributed by atoms with E-state index in [0.717, 1.165) is 0 Å². The van der Waals surface area contributed by atoms with Gasteiger partial charge in [0, 0.05) is 20.6 Å². The highest BCUT2D eigenvalue weighted by Gasteiger charge is 2.39. The van der Waals surface area contributed by atoms with E-state index in [9.17, 15) is 35.5 Å². The number of carbonyl (C=O) groups excluding carboxylic acids is 1. The first-order valence-corrected chi connectivity index (χ1v) is 11.4. The van der Waals surface area contributed by atoms with Gasteiger partial charge >= 0.3 is 12.4 Å². The van der Waals surface area contributed by atoms with Crippen molar-refractivity contribution in [2.24, 2.45) is 0 Å². The van der Waals surface area contributed by atoms with Crippen molar-refractivity contribution in [1.29, 1.82) is 0 Å². The molecular formula is C26H25F7N2O3. The first-order valence-electron chi connectivity index (χ1n) is 11.4. The van der Waals surface area contributed by atoms with Crippen LogP contribution in [0.3, 0.4) is 0 Å². The molecule has 5 nitrogen and oxygen atoms in total. The Hall–Kier alpha value is -3.14. The number of amides is 1. The summed E-state index contributed by atoms with van der Waals surface area (Å²) in [6, 6.07) is 5.84. The zero-order valence-corrected chi connectivity index (χ0v) is 20.7. The number of hydrogen-bond donors (Lipinski definition) is 0. The van der Waals surface area contributed by atoms with Crippen LogP contribution in [0.15, 0.2) is 42.5 Å². The predicted octanol–water partition coefficient (Wildman–Crippen LogP) is 5.43. The molecule has 0 spiro atoms. The van der Waals surface area contributed by atoms with Gasteiger partial charge in [-0.05, 0) is 54.3 Å². The molecule has 2 unspecified atom stereocenters. The molecule has 0 saturated carbocycles. The monoisotopic (exact) mass is 546 g/mol. The van der Waals surface area contributed by atoms with Gasteiger partial charge in [0.2, 0.25) is 0 Å². The van der Waals surface area contributed by atoms with Gasteiger partial charge in [-0.2, -0.15) is 26.3 Å². The Bertz CT molecular complexity index is 1150. The quantitative estimate of drug-likeness (QED) is 0.371. The first kappa shape index (κ1) is 29.4. The van der Waals surface area contributed by atoms with E-state index in [1.54, 1.807) is 4.90 Å². The van der Waals surface area contributed by atoms with E-state index < -0.39 is 53.6 Å². The summed E-state index contributed by atoms with van der Waals surface area (Å²) in [7, 11) is 3.08. The molecule has 0 aromatic heterocycles. The lowest BCUT2D eigenvalue weighted by molar-refractivity contribution is -0.228. The van der Waals surface area contributed by atoms with Crippen LogP contribution in [0.2, 0.25) is 0 Å². The number of carbonyl (C=O) groups is 1. The summed E-state index contributed by atoms with van der Waals surface area (Å²) in [5, 5.41) is 0. The second-order valence-corrected chi connectivity index (χ2v) is 8.82. The molecule has 0 radical (unpaired) electrons. The Balaban J connectivity index is 1.94. The SMILES string of the molecule is C[C@@H](OC1OCCN(CC#CC(=O)N(C)C)C1c1ccc(F)cc1)c1cc(C(F)(F)F)cc(C(F)(F)F)c1. The number of nitrogens with zero attached hydrogens (tertiary/aromatic N) is 2. The zero-order chi connectivity index (χ0) is 28.3. The molecule has 1 fully saturated rings. The van der Waals surface area contributed by atoms with Gasteiger partial charge in [0.15, 0.2) is 6.29 Å². The molecule has 2 aromatic rings. The summed E-state index contributed by atoms with van der Waals surface area (Å²) in [6.45, 7) is 1.81. The van der Waals surface area contributed by atoms with Crippen molar-refractivity contribution in [1.82, 2.24) is 9.80 Å². The van der Waals surface area contributed by atoms with Gasteiger partial charge in [-0.25, -0.2) is 4.39 Å². The minimum atomic E-state index is -5.01. The van der Waals surface area contributed by atoms with E-state index in [-0.39, 0.29) is 24.8 Å². The third-order valence-electron chi connectivity index (χ3n) is 5.82. The molecular weight excluding hydrogens is 521 g/mol. The maximum Gasteiger partial charge on any atom is 0.416 e. The van der Waals surface area contributed by atoms with Crippen molar-refractivity contribution in [2.75, 3.05) is 33.8 Å². The van der Waals surface area contributed by atoms with Crippen LogP contribution in [0.1, 0.15) is 41.3 Å². The zero-order valence-electron chi connectivity index (χ0n) is 20.7. The molecule has 2 aromatic carbocycles. The van der Waals surface area contributed by atoms with Crippen LogP contribution < -0.4 is 0 Å². The number of halogens is 7. The molecule has 0 bridgehead atoms. The van der Waals surface area contributed by atoms with E-state index >= 15 is 0 Å². The van der Waals surface area contributed by atoms with Gasteiger partial charge in [-0.15, -0.1) is 0 Å². The lowest BCUT2D eigenvalue weighted by Crippen LogP contribution is -2.47. The summed E-state index contributed by atoms with van der Waals surface area (Å²) in [6.07, 6.45) is -12.4. The van der Waals surface area contributed by atoms with E-state index in [2.05, 4.69) is 11.8 Å². The van der Waals surface area contributed by atoms with Gasteiger partial charge in [-0.3, -0.25) is 9.69 Å². The Morgan fingerprint density at radius 1 is 1.08 bits per heavy atom. The number of alkyl halides is 6. The summed E-state index contributed by atoms with van der Waals surface area (Å²) >= 11 is 0. The third-order valence-corrected chi connectivity index (χ3v) is 5.82. The fraction of sp³-hybridized carbons (Fsp3) is 0.423. The minimum absolute atomic E-state index is 0.0457. The summed E-state index contributed by atoms with van der Waals surface area (Å²) in [5.41, 5.74) is -2.74. The molecule has 3 rings (SSSR count). The van der Waals surface area contributed by atoms with Crippen LogP contribution in [0.5, 0.6) is 0 Å². The lowest BCUT2D eigenvalue weighted by Gasteiger charge is -2.41. The molecule has 1 aliphatic rings. The topological polar surface area (TPSA) is 42.0 Å². The first-order chi connectivity index (χ1) is 17.7. The van der Waals surface area contributed by atoms with E-state index in [1.807, 2.05) is 0 Å². The van der Waals surface area contributed by atoms with Crippen LogP contribution in [0.25, 0.3) is 0 Å². The average molecular weight is 546 g/mol. The number of ether oxygens (including phenoxy) is 2. The highest BCUT2D eigenvalue weighted by atomic mass is 19.4. The molecule has 0 N–H and O–H groups in total. The molecule has 1 amide bonds. The summed E-state index contributed by atoms with van der Waals surface area (Å²) < 4.78 is 105. The van der Waals surface area contributed by atoms with Crippen LogP contribution in [-0.2, 0) is 26.6 Å². The smallest absolute Gasteiger partial charge is 0.349 e. The number of rotatable bonds is 5. The van der Waals surface area contributed by atoms with Crippen molar-refractivity contribution in [3.63, 3.8) is 0 Å². The van der Waals surface area contributed by atoms with Crippen LogP contribution in [0, 0.1) is 17.7 Å². The second-order valence-electron chi connectivity index (χ2n) is 8.82. The van der Waals surface area contributed by atoms with Crippen molar-refractivity contribution in [3.8, 4) is 11.8 Å². The summed E-state index contributed by atoms with van der Waals surface area (Å²) in [4.78, 5) is 14.9. The Labute approximate surface area is 215 Å². The fourth-order valence-corrected chi connectivity index (χ4v) is 3.83. The molecule has 12 heteroatoms. The summed E-state index contributed by atoms with van der Waals surface area (Å²) in [5.74, 6) is 4.28. The minimum Gasteiger partial charge on any atom is -0.349 e. The molecule has 0 aliphatic carbocycles. The van der Waals surface area contributed by atoms with Crippen molar-refractivity contribution in [2.45, 2.75) is 37.7 Å². The molecule has 3 atom stereocenters. The van der Waals surface area contributed by atoms with Gasteiger partial charge in [0.1, 0.15) is 5.82 Å². The van der Waals surface area contributed by atoms with Crippen molar-refractivity contribution >= 4 is 5.91 Å². The van der Waals surface area contributed by atoms with E-state index in [4.69, 9.17) is 9.47 Å². The largest absolute Gasteiger partial charge is 0.416 e. The Kier molecular flexibility index (Phi) is 9.07. The predicted molar refractivity (Wildman–Crippen MR) is 123 cm³/mol. The number of morpholine rings is 1. The van der Waals surface area contributed by atoms with Crippen molar-refractivity contribution < 1.29 is 45.0 Å². The molecule has 1 saturated heterocycles. The van der Waals surface area contributed by atoms with Crippen LogP contribution in [0.4, 0.5) is 30.7 Å². The average Bonchev–Trinajstić information content (AvgIpc) is 2.83. The number of benzene rings is 2. The van der Waals surface area contributed by atoms with Gasteiger partial charge in [0.05, 0.1) is 36.4 Å². The van der Waals surface area contributed by atoms with Crippen LogP contribution in [-0.4, -0.2) is 55.8 Å². The molecule has 38 heavy (non-hydrogen) atoms. The normalized spacial score (nSPS) is 19.4. The highest BCUT2D eigenvalue weighted by Crippen LogP contribution is 2.39. The molecule has 1 aliphatic heterocycles. The third kappa shape index (κ3) is 7.46. The highest BCUT2D eigenvalue weighted by molar-refractivity contribution is 5.93. The van der Waals surface area contributed by atoms with Gasteiger partial charge in [0.25, 0.3) is 5.91 Å². The standard InChI is InChI=1S/C26H25F7N2O3/c1-16(18-13-19(25(28,29)30)15-20(14-18)26(31,32)33)38-24-23(17-6-8-21(27)9-7-17)35(11-12-37-24)10-4-5-22(36)34(2)3/h6-9,13-16,23-24H,10-12H2,1-3H3/t16-,23?,24?/m1/s1. The maximum absolute atomic E-state index is 13.6.